The number of rotatable bonds is 10. The van der Waals surface area contributed by atoms with Gasteiger partial charge >= 0.3 is 5.97 Å². The van der Waals surface area contributed by atoms with Crippen molar-refractivity contribution in [3.8, 4) is 5.75 Å². The first-order chi connectivity index (χ1) is 14.4. The van der Waals surface area contributed by atoms with E-state index in [1.807, 2.05) is 0 Å². The Morgan fingerprint density at radius 2 is 2.00 bits per heavy atom. The first kappa shape index (κ1) is 21.9. The van der Waals surface area contributed by atoms with E-state index >= 15 is 0 Å². The molecule has 30 heavy (non-hydrogen) atoms. The van der Waals surface area contributed by atoms with Crippen LogP contribution in [-0.4, -0.2) is 47.9 Å². The molecule has 1 unspecified atom stereocenters. The summed E-state index contributed by atoms with van der Waals surface area (Å²) in [4.78, 5) is 40.3. The van der Waals surface area contributed by atoms with Crippen LogP contribution in [0, 0.1) is 0 Å². The Bertz CT molecular complexity index is 873. The lowest BCUT2D eigenvalue weighted by molar-refractivity contribution is -0.141. The molecule has 1 atom stereocenters. The first-order valence-corrected chi connectivity index (χ1v) is 10.3. The third-order valence-corrected chi connectivity index (χ3v) is 5.33. The Kier molecular flexibility index (Phi) is 7.15. The van der Waals surface area contributed by atoms with Crippen molar-refractivity contribution in [2.24, 2.45) is 10.7 Å². The van der Waals surface area contributed by atoms with E-state index in [1.54, 1.807) is 17.0 Å². The van der Waals surface area contributed by atoms with Gasteiger partial charge in [0.15, 0.2) is 0 Å². The number of halogens is 1. The van der Waals surface area contributed by atoms with Crippen molar-refractivity contribution >= 4 is 41.0 Å². The van der Waals surface area contributed by atoms with E-state index in [2.05, 4.69) is 10.3 Å². The number of esters is 1. The molecule has 2 heterocycles. The summed E-state index contributed by atoms with van der Waals surface area (Å²) < 4.78 is 10.7. The van der Waals surface area contributed by atoms with Crippen LogP contribution in [0.3, 0.4) is 0 Å². The second kappa shape index (κ2) is 9.80. The molecule has 1 aromatic rings. The summed E-state index contributed by atoms with van der Waals surface area (Å²) in [5, 5.41) is 3.13. The van der Waals surface area contributed by atoms with Crippen molar-refractivity contribution in [2.45, 2.75) is 51.6 Å². The van der Waals surface area contributed by atoms with Crippen LogP contribution < -0.4 is 15.8 Å². The molecule has 2 aliphatic heterocycles. The molecule has 0 spiro atoms. The Labute approximate surface area is 179 Å². The molecule has 2 aliphatic rings. The fourth-order valence-corrected chi connectivity index (χ4v) is 3.70. The van der Waals surface area contributed by atoms with Crippen LogP contribution in [0.2, 0.25) is 5.02 Å². The molecular formula is C20H25ClN4O5. The van der Waals surface area contributed by atoms with Crippen molar-refractivity contribution in [1.29, 1.82) is 0 Å². The van der Waals surface area contributed by atoms with Crippen LogP contribution in [0.1, 0.15) is 44.6 Å². The number of benzene rings is 1. The SMILES string of the molecule is CC(=O)OCCCCCCOc1ccc2c(c1Cl)CN1C(=N2)NC(=O)C1CC(N)=O. The molecule has 162 valence electrons. The van der Waals surface area contributed by atoms with Gasteiger partial charge in [-0.25, -0.2) is 4.99 Å². The summed E-state index contributed by atoms with van der Waals surface area (Å²) in [5.74, 6) is -0.164. The smallest absolute Gasteiger partial charge is 0.302 e. The summed E-state index contributed by atoms with van der Waals surface area (Å²) in [5.41, 5.74) is 6.67. The first-order valence-electron chi connectivity index (χ1n) is 9.89. The van der Waals surface area contributed by atoms with E-state index in [-0.39, 0.29) is 18.3 Å². The van der Waals surface area contributed by atoms with E-state index in [0.717, 1.165) is 31.2 Å². The molecular weight excluding hydrogens is 412 g/mol. The number of nitrogens with two attached hydrogens (primary N) is 1. The highest BCUT2D eigenvalue weighted by Gasteiger charge is 2.40. The van der Waals surface area contributed by atoms with Gasteiger partial charge in [-0.2, -0.15) is 0 Å². The van der Waals surface area contributed by atoms with E-state index < -0.39 is 11.9 Å². The van der Waals surface area contributed by atoms with Crippen LogP contribution in [-0.2, 0) is 25.7 Å². The Balaban J connectivity index is 1.55. The zero-order chi connectivity index (χ0) is 21.7. The quantitative estimate of drug-likeness (QED) is 0.427. The number of unbranched alkanes of at least 4 members (excludes halogenated alkanes) is 3. The minimum atomic E-state index is -0.693. The number of hydrogen-bond donors (Lipinski definition) is 2. The van der Waals surface area contributed by atoms with Gasteiger partial charge in [0.05, 0.1) is 36.9 Å². The van der Waals surface area contributed by atoms with Crippen LogP contribution in [0.15, 0.2) is 17.1 Å². The van der Waals surface area contributed by atoms with E-state index in [0.29, 0.717) is 42.2 Å². The van der Waals surface area contributed by atoms with Gasteiger partial charge in [-0.15, -0.1) is 0 Å². The molecule has 0 saturated carbocycles. The number of nitrogens with one attached hydrogen (secondary N) is 1. The molecule has 3 rings (SSSR count). The van der Waals surface area contributed by atoms with Crippen LogP contribution in [0.5, 0.6) is 5.75 Å². The van der Waals surface area contributed by atoms with E-state index in [9.17, 15) is 14.4 Å². The molecule has 1 saturated heterocycles. The van der Waals surface area contributed by atoms with Gasteiger partial charge < -0.3 is 20.1 Å². The third kappa shape index (κ3) is 5.21. The largest absolute Gasteiger partial charge is 0.492 e. The summed E-state index contributed by atoms with van der Waals surface area (Å²) in [6.07, 6.45) is 3.48. The van der Waals surface area contributed by atoms with Crippen molar-refractivity contribution in [2.75, 3.05) is 13.2 Å². The number of primary amides is 1. The van der Waals surface area contributed by atoms with Crippen LogP contribution >= 0.6 is 11.6 Å². The lowest BCUT2D eigenvalue weighted by Gasteiger charge is -2.28. The maximum Gasteiger partial charge on any atom is 0.302 e. The second-order valence-electron chi connectivity index (χ2n) is 7.22. The summed E-state index contributed by atoms with van der Waals surface area (Å²) in [6.45, 7) is 2.68. The van der Waals surface area contributed by atoms with Gasteiger partial charge in [-0.3, -0.25) is 19.7 Å². The van der Waals surface area contributed by atoms with E-state index in [4.69, 9.17) is 26.8 Å². The van der Waals surface area contributed by atoms with Crippen molar-refractivity contribution < 1.29 is 23.9 Å². The second-order valence-corrected chi connectivity index (χ2v) is 7.59. The standard InChI is InChI=1S/C20H25ClN4O5/c1-12(26)29-8-4-2-3-5-9-30-16-7-6-14-13(18(16)21)11-25-15(10-17(22)27)19(28)24-20(25)23-14/h6-7,15H,2-5,8-11H2,1H3,(H2,22,27)(H,23,24,28). The number of amides is 2. The van der Waals surface area contributed by atoms with Gasteiger partial charge in [0.2, 0.25) is 17.8 Å². The number of carbonyl (C=O) groups excluding carboxylic acids is 3. The highest BCUT2D eigenvalue weighted by atomic mass is 35.5. The molecule has 1 aromatic carbocycles. The highest BCUT2D eigenvalue weighted by molar-refractivity contribution is 6.33. The number of nitrogens with zero attached hydrogens (tertiary/aromatic N) is 2. The molecule has 0 aliphatic carbocycles. The predicted molar refractivity (Wildman–Crippen MR) is 110 cm³/mol. The Morgan fingerprint density at radius 1 is 1.27 bits per heavy atom. The zero-order valence-corrected chi connectivity index (χ0v) is 17.5. The Hall–Kier alpha value is -2.81. The predicted octanol–water partition coefficient (Wildman–Crippen LogP) is 2.02. The van der Waals surface area contributed by atoms with Gasteiger partial charge in [0, 0.05) is 12.5 Å². The summed E-state index contributed by atoms with van der Waals surface area (Å²) >= 11 is 6.55. The van der Waals surface area contributed by atoms with Crippen LogP contribution in [0.25, 0.3) is 0 Å². The van der Waals surface area contributed by atoms with Crippen molar-refractivity contribution in [3.05, 3.63) is 22.7 Å². The third-order valence-electron chi connectivity index (χ3n) is 4.92. The molecule has 0 bridgehead atoms. The number of fused-ring (bicyclic) bond motifs is 2. The van der Waals surface area contributed by atoms with Gasteiger partial charge in [0.25, 0.3) is 0 Å². The number of guanidine groups is 1. The van der Waals surface area contributed by atoms with Crippen molar-refractivity contribution in [1.82, 2.24) is 10.2 Å². The van der Waals surface area contributed by atoms with Gasteiger partial charge in [-0.05, 0) is 37.8 Å². The molecule has 10 heteroatoms. The normalized spacial score (nSPS) is 17.0. The minimum Gasteiger partial charge on any atom is -0.492 e. The monoisotopic (exact) mass is 436 g/mol. The molecule has 2 amide bonds. The average Bonchev–Trinajstić information content (AvgIpc) is 2.98. The summed E-state index contributed by atoms with van der Waals surface area (Å²) in [6, 6.07) is 2.87. The number of ether oxygens (including phenoxy) is 2. The number of hydrogen-bond acceptors (Lipinski definition) is 7. The maximum absolute atomic E-state index is 12.2. The number of aliphatic imine (C=N–C) groups is 1. The minimum absolute atomic E-state index is 0.0918. The van der Waals surface area contributed by atoms with E-state index in [1.165, 1.54) is 6.92 Å². The zero-order valence-electron chi connectivity index (χ0n) is 16.8. The topological polar surface area (TPSA) is 123 Å². The highest BCUT2D eigenvalue weighted by Crippen LogP contribution is 2.39. The Morgan fingerprint density at radius 3 is 2.70 bits per heavy atom. The van der Waals surface area contributed by atoms with Crippen molar-refractivity contribution in [3.63, 3.8) is 0 Å². The molecule has 0 aromatic heterocycles. The fourth-order valence-electron chi connectivity index (χ4n) is 3.42. The molecule has 9 nitrogen and oxygen atoms in total. The molecule has 0 radical (unpaired) electrons. The maximum atomic E-state index is 12.2. The average molecular weight is 437 g/mol. The molecule has 3 N–H and O–H groups in total. The fraction of sp³-hybridized carbons (Fsp3) is 0.500. The lowest BCUT2D eigenvalue weighted by Crippen LogP contribution is -2.39. The number of carbonyl (C=O) groups is 3. The summed E-state index contributed by atoms with van der Waals surface area (Å²) in [7, 11) is 0. The van der Waals surface area contributed by atoms with Crippen LogP contribution in [0.4, 0.5) is 5.69 Å². The lowest BCUT2D eigenvalue weighted by atomic mass is 10.1. The van der Waals surface area contributed by atoms with Gasteiger partial charge in [0.1, 0.15) is 11.8 Å². The van der Waals surface area contributed by atoms with Gasteiger partial charge in [-0.1, -0.05) is 11.6 Å². The molecule has 1 fully saturated rings.